The fourth-order valence-electron chi connectivity index (χ4n) is 3.54. The molecule has 5 heteroatoms. The molecule has 0 amide bonds. The molecule has 140 valence electrons. The second-order valence-corrected chi connectivity index (χ2v) is 7.82. The first-order chi connectivity index (χ1) is 13.3. The van der Waals surface area contributed by atoms with Crippen molar-refractivity contribution in [2.24, 2.45) is 0 Å². The minimum absolute atomic E-state index is 0.642. The van der Waals surface area contributed by atoms with Gasteiger partial charge in [0.15, 0.2) is 5.13 Å². The predicted molar refractivity (Wildman–Crippen MR) is 115 cm³/mol. The fraction of sp³-hybridized carbons (Fsp3) is 0.318. The summed E-state index contributed by atoms with van der Waals surface area (Å²) in [6.07, 6.45) is 1.19. The molecule has 1 saturated heterocycles. The van der Waals surface area contributed by atoms with E-state index in [4.69, 9.17) is 4.98 Å². The minimum atomic E-state index is 0.642. The predicted octanol–water partition coefficient (Wildman–Crippen LogP) is 4.74. The molecule has 0 aliphatic carbocycles. The van der Waals surface area contributed by atoms with Gasteiger partial charge in [0, 0.05) is 48.9 Å². The highest BCUT2D eigenvalue weighted by molar-refractivity contribution is 7.14. The number of nitrogens with one attached hydrogen (secondary N) is 2. The van der Waals surface area contributed by atoms with Gasteiger partial charge in [-0.2, -0.15) is 0 Å². The molecule has 2 N–H and O–H groups in total. The van der Waals surface area contributed by atoms with Crippen LogP contribution in [-0.4, -0.2) is 35.6 Å². The molecule has 0 radical (unpaired) electrons. The molecule has 4 nitrogen and oxygen atoms in total. The lowest BCUT2D eigenvalue weighted by Crippen LogP contribution is -2.50. The van der Waals surface area contributed by atoms with Gasteiger partial charge in [-0.1, -0.05) is 49.4 Å². The van der Waals surface area contributed by atoms with Crippen LogP contribution >= 0.6 is 11.3 Å². The van der Waals surface area contributed by atoms with Crippen molar-refractivity contribution in [2.45, 2.75) is 25.9 Å². The number of aromatic nitrogens is 1. The summed E-state index contributed by atoms with van der Waals surface area (Å²) in [5.41, 5.74) is 4.62. The molecule has 1 atom stereocenters. The van der Waals surface area contributed by atoms with Crippen LogP contribution in [0, 0.1) is 0 Å². The number of nitrogens with zero attached hydrogens (tertiary/aromatic N) is 2. The zero-order valence-electron chi connectivity index (χ0n) is 15.7. The van der Waals surface area contributed by atoms with Gasteiger partial charge >= 0.3 is 0 Å². The van der Waals surface area contributed by atoms with Crippen LogP contribution in [0.4, 0.5) is 10.8 Å². The third kappa shape index (κ3) is 4.56. The van der Waals surface area contributed by atoms with Gasteiger partial charge in [-0.3, -0.25) is 4.90 Å². The molecular formula is C22H26N4S. The van der Waals surface area contributed by atoms with Gasteiger partial charge in [0.1, 0.15) is 0 Å². The highest BCUT2D eigenvalue weighted by atomic mass is 32.1. The number of hydrogen-bond donors (Lipinski definition) is 2. The maximum absolute atomic E-state index is 4.71. The van der Waals surface area contributed by atoms with Gasteiger partial charge < -0.3 is 10.6 Å². The molecule has 2 aromatic carbocycles. The molecule has 0 spiro atoms. The SMILES string of the molecule is CCC1CNCCN1Cc1ccc(Nc2nc(-c3ccccc3)cs2)cc1. The zero-order valence-corrected chi connectivity index (χ0v) is 16.5. The normalized spacial score (nSPS) is 17.7. The number of thiazole rings is 1. The molecule has 1 aliphatic heterocycles. The molecule has 0 saturated carbocycles. The quantitative estimate of drug-likeness (QED) is 0.650. The first-order valence-electron chi connectivity index (χ1n) is 9.63. The smallest absolute Gasteiger partial charge is 0.187 e. The van der Waals surface area contributed by atoms with Crippen LogP contribution in [0.25, 0.3) is 11.3 Å². The van der Waals surface area contributed by atoms with E-state index in [1.807, 2.05) is 18.2 Å². The Morgan fingerprint density at radius 3 is 2.74 bits per heavy atom. The van der Waals surface area contributed by atoms with E-state index < -0.39 is 0 Å². The van der Waals surface area contributed by atoms with Crippen molar-refractivity contribution in [3.8, 4) is 11.3 Å². The second kappa shape index (κ2) is 8.65. The van der Waals surface area contributed by atoms with Gasteiger partial charge in [0.2, 0.25) is 0 Å². The summed E-state index contributed by atoms with van der Waals surface area (Å²) in [5, 5.41) is 9.95. The van der Waals surface area contributed by atoms with Crippen LogP contribution in [0.15, 0.2) is 60.0 Å². The maximum atomic E-state index is 4.71. The lowest BCUT2D eigenvalue weighted by atomic mass is 10.1. The standard InChI is InChI=1S/C22H26N4S/c1-2-20-14-23-12-13-26(20)15-17-8-10-19(11-9-17)24-22-25-21(16-27-22)18-6-4-3-5-7-18/h3-11,16,20,23H,2,12-15H2,1H3,(H,24,25). The van der Waals surface area contributed by atoms with Crippen LogP contribution in [0.2, 0.25) is 0 Å². The molecule has 1 aromatic heterocycles. The number of anilines is 2. The molecule has 4 rings (SSSR count). The number of benzene rings is 2. The first-order valence-corrected chi connectivity index (χ1v) is 10.5. The van der Waals surface area contributed by atoms with E-state index in [-0.39, 0.29) is 0 Å². The Bertz CT molecular complexity index is 844. The van der Waals surface area contributed by atoms with E-state index in [9.17, 15) is 0 Å². The maximum Gasteiger partial charge on any atom is 0.187 e. The second-order valence-electron chi connectivity index (χ2n) is 6.96. The zero-order chi connectivity index (χ0) is 18.5. The van der Waals surface area contributed by atoms with Crippen LogP contribution < -0.4 is 10.6 Å². The van der Waals surface area contributed by atoms with Gasteiger partial charge in [0.25, 0.3) is 0 Å². The summed E-state index contributed by atoms with van der Waals surface area (Å²) in [6.45, 7) is 6.61. The number of piperazine rings is 1. The monoisotopic (exact) mass is 378 g/mol. The van der Waals surface area contributed by atoms with E-state index in [1.54, 1.807) is 11.3 Å². The van der Waals surface area contributed by atoms with Gasteiger partial charge in [-0.15, -0.1) is 11.3 Å². The van der Waals surface area contributed by atoms with Crippen molar-refractivity contribution < 1.29 is 0 Å². The highest BCUT2D eigenvalue weighted by Crippen LogP contribution is 2.27. The largest absolute Gasteiger partial charge is 0.332 e. The van der Waals surface area contributed by atoms with E-state index in [0.717, 1.165) is 48.3 Å². The summed E-state index contributed by atoms with van der Waals surface area (Å²) < 4.78 is 0. The topological polar surface area (TPSA) is 40.2 Å². The van der Waals surface area contributed by atoms with Crippen molar-refractivity contribution in [1.29, 1.82) is 0 Å². The van der Waals surface area contributed by atoms with Crippen LogP contribution in [0.5, 0.6) is 0 Å². The fourth-order valence-corrected chi connectivity index (χ4v) is 4.28. The highest BCUT2D eigenvalue weighted by Gasteiger charge is 2.20. The summed E-state index contributed by atoms with van der Waals surface area (Å²) in [4.78, 5) is 7.29. The molecular weight excluding hydrogens is 352 g/mol. The Balaban J connectivity index is 1.39. The lowest BCUT2D eigenvalue weighted by molar-refractivity contribution is 0.149. The molecule has 27 heavy (non-hydrogen) atoms. The average Bonchev–Trinajstić information content (AvgIpc) is 3.19. The number of rotatable bonds is 6. The first kappa shape index (κ1) is 18.2. The van der Waals surface area contributed by atoms with Gasteiger partial charge in [0.05, 0.1) is 5.69 Å². The van der Waals surface area contributed by atoms with Gasteiger partial charge in [-0.05, 0) is 24.1 Å². The van der Waals surface area contributed by atoms with Crippen LogP contribution in [0.1, 0.15) is 18.9 Å². The third-order valence-corrected chi connectivity index (χ3v) is 5.87. The van der Waals surface area contributed by atoms with Crippen molar-refractivity contribution in [1.82, 2.24) is 15.2 Å². The van der Waals surface area contributed by atoms with Crippen molar-refractivity contribution in [3.05, 3.63) is 65.5 Å². The van der Waals surface area contributed by atoms with Crippen molar-refractivity contribution >= 4 is 22.2 Å². The number of hydrogen-bond acceptors (Lipinski definition) is 5. The molecule has 0 bridgehead atoms. The molecule has 3 aromatic rings. The summed E-state index contributed by atoms with van der Waals surface area (Å²) in [7, 11) is 0. The van der Waals surface area contributed by atoms with Crippen molar-refractivity contribution in [3.63, 3.8) is 0 Å². The Morgan fingerprint density at radius 2 is 1.96 bits per heavy atom. The van der Waals surface area contributed by atoms with E-state index in [0.29, 0.717) is 6.04 Å². The minimum Gasteiger partial charge on any atom is -0.332 e. The summed E-state index contributed by atoms with van der Waals surface area (Å²) in [6, 6.07) is 19.7. The summed E-state index contributed by atoms with van der Waals surface area (Å²) >= 11 is 1.64. The van der Waals surface area contributed by atoms with E-state index in [2.05, 4.69) is 64.2 Å². The molecule has 1 aliphatic rings. The Morgan fingerprint density at radius 1 is 1.15 bits per heavy atom. The Kier molecular flexibility index (Phi) is 5.82. The Hall–Kier alpha value is -2.21. The van der Waals surface area contributed by atoms with Crippen LogP contribution in [0.3, 0.4) is 0 Å². The van der Waals surface area contributed by atoms with E-state index >= 15 is 0 Å². The van der Waals surface area contributed by atoms with Gasteiger partial charge in [-0.25, -0.2) is 4.98 Å². The molecule has 1 unspecified atom stereocenters. The average molecular weight is 379 g/mol. The lowest BCUT2D eigenvalue weighted by Gasteiger charge is -2.35. The van der Waals surface area contributed by atoms with E-state index in [1.165, 1.54) is 12.0 Å². The third-order valence-electron chi connectivity index (χ3n) is 5.11. The molecule has 1 fully saturated rings. The van der Waals surface area contributed by atoms with Crippen molar-refractivity contribution in [2.75, 3.05) is 25.0 Å². The Labute approximate surface area is 165 Å². The molecule has 2 heterocycles. The van der Waals surface area contributed by atoms with Crippen LogP contribution in [-0.2, 0) is 6.54 Å². The summed E-state index contributed by atoms with van der Waals surface area (Å²) in [5.74, 6) is 0.